The van der Waals surface area contributed by atoms with E-state index in [-0.39, 0.29) is 11.1 Å². The van der Waals surface area contributed by atoms with Crippen molar-refractivity contribution in [2.75, 3.05) is 0 Å². The summed E-state index contributed by atoms with van der Waals surface area (Å²) >= 11 is -2.55. The molecule has 3 rings (SSSR count). The van der Waals surface area contributed by atoms with Crippen LogP contribution in [0.3, 0.4) is 0 Å². The summed E-state index contributed by atoms with van der Waals surface area (Å²) in [5.41, 5.74) is 1.22. The number of hydrogen-bond acceptors (Lipinski definition) is 0. The molecular weight excluding hydrogens is 431 g/mol. The third kappa shape index (κ3) is 3.65. The second kappa shape index (κ2) is 6.96. The number of rotatable bonds is 0. The van der Waals surface area contributed by atoms with Crippen molar-refractivity contribution in [2.24, 2.45) is 0 Å². The molecule has 1 saturated heterocycles. The van der Waals surface area contributed by atoms with E-state index in [0.29, 0.717) is 30.4 Å². The van der Waals surface area contributed by atoms with Crippen molar-refractivity contribution in [1.29, 1.82) is 0 Å². The molecule has 5 heteroatoms. The van der Waals surface area contributed by atoms with Gasteiger partial charge in [0.15, 0.2) is 0 Å². The first-order chi connectivity index (χ1) is 11.3. The zero-order valence-electron chi connectivity index (χ0n) is 13.8. The summed E-state index contributed by atoms with van der Waals surface area (Å²) in [6, 6.07) is 0. The molecule has 2 fully saturated rings. The van der Waals surface area contributed by atoms with Crippen molar-refractivity contribution in [3.8, 4) is 0 Å². The Labute approximate surface area is 151 Å². The first-order valence-electron chi connectivity index (χ1n) is 8.55. The summed E-state index contributed by atoms with van der Waals surface area (Å²) in [5.74, 6) is 0. The fourth-order valence-corrected chi connectivity index (χ4v) is 6.41. The number of halogens is 5. The van der Waals surface area contributed by atoms with Crippen LogP contribution in [0.4, 0.5) is 17.6 Å². The van der Waals surface area contributed by atoms with E-state index in [0.717, 1.165) is 37.7 Å². The van der Waals surface area contributed by atoms with Gasteiger partial charge in [-0.3, -0.25) is 0 Å². The molecule has 0 aromatic carbocycles. The fourth-order valence-electron chi connectivity index (χ4n) is 3.76. The van der Waals surface area contributed by atoms with E-state index in [4.69, 9.17) is 0 Å². The van der Waals surface area contributed by atoms with Gasteiger partial charge in [-0.05, 0) is 0 Å². The molecule has 1 heterocycles. The van der Waals surface area contributed by atoms with E-state index < -0.39 is 29.1 Å². The summed E-state index contributed by atoms with van der Waals surface area (Å²) in [7, 11) is 0. The van der Waals surface area contributed by atoms with Crippen molar-refractivity contribution in [3.05, 3.63) is 46.1 Å². The first-order valence-corrected chi connectivity index (χ1v) is 10.7. The summed E-state index contributed by atoms with van der Waals surface area (Å²) in [5, 5.41) is 0. The van der Waals surface area contributed by atoms with Crippen molar-refractivity contribution in [3.63, 3.8) is 0 Å². The molecule has 1 aliphatic heterocycles. The summed E-state index contributed by atoms with van der Waals surface area (Å²) in [6.07, 6.45) is 11.5. The molecule has 0 radical (unpaired) electrons. The van der Waals surface area contributed by atoms with Crippen LogP contribution >= 0.6 is 0 Å². The molecule has 0 atom stereocenters. The van der Waals surface area contributed by atoms with Crippen LogP contribution in [0.2, 0.25) is 0 Å². The summed E-state index contributed by atoms with van der Waals surface area (Å²) in [6.45, 7) is 1.82. The Morgan fingerprint density at radius 1 is 0.875 bits per heavy atom. The molecule has 0 nitrogen and oxygen atoms in total. The van der Waals surface area contributed by atoms with Crippen LogP contribution in [0.15, 0.2) is 46.1 Å². The van der Waals surface area contributed by atoms with Crippen LogP contribution < -0.4 is 21.2 Å². The molecular formula is C19H22F4I-. The molecule has 134 valence electrons. The minimum absolute atomic E-state index is 0.281. The Morgan fingerprint density at radius 3 is 2.08 bits per heavy atom. The topological polar surface area (TPSA) is 0 Å². The van der Waals surface area contributed by atoms with Gasteiger partial charge in [-0.25, -0.2) is 0 Å². The Morgan fingerprint density at radius 2 is 1.46 bits per heavy atom. The van der Waals surface area contributed by atoms with Gasteiger partial charge in [-0.15, -0.1) is 0 Å². The average molecular weight is 453 g/mol. The van der Waals surface area contributed by atoms with Gasteiger partial charge in [0, 0.05) is 0 Å². The van der Waals surface area contributed by atoms with E-state index in [9.17, 15) is 17.6 Å². The first kappa shape index (κ1) is 18.2. The Kier molecular flexibility index (Phi) is 5.28. The molecule has 0 bridgehead atoms. The van der Waals surface area contributed by atoms with Gasteiger partial charge in [-0.1, -0.05) is 0 Å². The number of hydrogen-bond donors (Lipinski definition) is 0. The van der Waals surface area contributed by atoms with Gasteiger partial charge in [0.05, 0.1) is 0 Å². The molecule has 0 amide bonds. The van der Waals surface area contributed by atoms with Crippen molar-refractivity contribution in [2.45, 2.75) is 66.1 Å². The third-order valence-corrected chi connectivity index (χ3v) is 7.24. The zero-order chi connectivity index (χ0) is 17.4. The normalized spacial score (nSPS) is 30.5. The zero-order valence-corrected chi connectivity index (χ0v) is 15.9. The average Bonchev–Trinajstić information content (AvgIpc) is 2.63. The summed E-state index contributed by atoms with van der Waals surface area (Å²) in [4.78, 5) is 0. The van der Waals surface area contributed by atoms with E-state index in [2.05, 4.69) is 0 Å². The third-order valence-electron chi connectivity index (χ3n) is 4.81. The van der Waals surface area contributed by atoms with Crippen molar-refractivity contribution < 1.29 is 38.8 Å². The Bertz CT molecular complexity index is 628. The fraction of sp³-hybridized carbons (Fsp3) is 0.579. The Hall–Kier alpha value is -0.590. The molecule has 0 N–H and O–H groups in total. The maximum atomic E-state index is 14.7. The van der Waals surface area contributed by atoms with Gasteiger partial charge >= 0.3 is 151 Å². The number of alkyl halides is 6. The second-order valence-corrected chi connectivity index (χ2v) is 9.98. The van der Waals surface area contributed by atoms with Crippen LogP contribution in [0, 0.1) is 0 Å². The second-order valence-electron chi connectivity index (χ2n) is 6.73. The number of allylic oxidation sites excluding steroid dienone is 8. The van der Waals surface area contributed by atoms with E-state index in [1.165, 1.54) is 0 Å². The van der Waals surface area contributed by atoms with Gasteiger partial charge in [-0.2, -0.15) is 0 Å². The molecule has 0 spiro atoms. The van der Waals surface area contributed by atoms with Crippen LogP contribution in [0.5, 0.6) is 0 Å². The van der Waals surface area contributed by atoms with Crippen molar-refractivity contribution in [1.82, 2.24) is 0 Å². The molecule has 0 aromatic rings. The van der Waals surface area contributed by atoms with Crippen LogP contribution in [0.25, 0.3) is 0 Å². The molecule has 3 aliphatic rings. The Balaban J connectivity index is 2.15. The van der Waals surface area contributed by atoms with Gasteiger partial charge in [0.1, 0.15) is 0 Å². The van der Waals surface area contributed by atoms with Gasteiger partial charge < -0.3 is 0 Å². The van der Waals surface area contributed by atoms with Crippen molar-refractivity contribution >= 4 is 0 Å². The van der Waals surface area contributed by atoms with Gasteiger partial charge in [0.2, 0.25) is 0 Å². The predicted molar refractivity (Wildman–Crippen MR) is 83.8 cm³/mol. The predicted octanol–water partition coefficient (Wildman–Crippen LogP) is 3.52. The van der Waals surface area contributed by atoms with E-state index >= 15 is 0 Å². The molecule has 2 aliphatic carbocycles. The van der Waals surface area contributed by atoms with E-state index in [1.54, 1.807) is 12.2 Å². The van der Waals surface area contributed by atoms with Crippen LogP contribution in [-0.2, 0) is 0 Å². The molecule has 24 heavy (non-hydrogen) atoms. The van der Waals surface area contributed by atoms with Gasteiger partial charge in [0.25, 0.3) is 0 Å². The van der Waals surface area contributed by atoms with Crippen LogP contribution in [-0.4, -0.2) is 7.86 Å². The monoisotopic (exact) mass is 453 g/mol. The standard InChI is InChI=1S/C19H22F4I/c1-13-8-7-11-15(12-13)17-16(18(20,21)24-19(17,22)23)14-9-5-3-2-4-6-10-14/h7-8,12H,2-6,9-11H2,1H3/q-1/b17-15+. The molecule has 0 aromatic heterocycles. The quantitative estimate of drug-likeness (QED) is 0.299. The minimum atomic E-state index is -3.34. The SMILES string of the molecule is CC1=C/C(=C2\C(=C3CCCCCCC3)C(F)(F)[I-]C2(F)F)CC=C1. The van der Waals surface area contributed by atoms with Crippen LogP contribution in [0.1, 0.15) is 58.3 Å². The molecule has 1 saturated carbocycles. The van der Waals surface area contributed by atoms with E-state index in [1.807, 2.05) is 13.0 Å². The molecule has 0 unspecified atom stereocenters. The summed E-state index contributed by atoms with van der Waals surface area (Å²) < 4.78 is 51.9. The maximum absolute atomic E-state index is 14.7.